The summed E-state index contributed by atoms with van der Waals surface area (Å²) in [7, 11) is 0. The lowest BCUT2D eigenvalue weighted by Gasteiger charge is -2.00. The van der Waals surface area contributed by atoms with E-state index in [1.807, 2.05) is 0 Å². The maximum atomic E-state index is 10.8. The summed E-state index contributed by atoms with van der Waals surface area (Å²) in [5, 5.41) is 0. The summed E-state index contributed by atoms with van der Waals surface area (Å²) in [4.78, 5) is 21.6. The molecule has 4 heteroatoms. The summed E-state index contributed by atoms with van der Waals surface area (Å²) in [5.74, 6) is 3.22. The molecule has 0 unspecified atom stereocenters. The van der Waals surface area contributed by atoms with Crippen molar-refractivity contribution in [2.24, 2.45) is 0 Å². The Kier molecular flexibility index (Phi) is 6.63. The van der Waals surface area contributed by atoms with E-state index in [0.717, 1.165) is 0 Å². The van der Waals surface area contributed by atoms with Gasteiger partial charge in [-0.3, -0.25) is 9.59 Å². The number of esters is 2. The van der Waals surface area contributed by atoms with Crippen molar-refractivity contribution in [3.63, 3.8) is 0 Å². The Morgan fingerprint density at radius 2 is 1.29 bits per heavy atom. The highest BCUT2D eigenvalue weighted by molar-refractivity contribution is 5.77. The lowest BCUT2D eigenvalue weighted by molar-refractivity contribution is -0.148. The van der Waals surface area contributed by atoms with Gasteiger partial charge in [-0.05, 0) is 0 Å². The van der Waals surface area contributed by atoms with Crippen molar-refractivity contribution in [1.29, 1.82) is 0 Å². The second-order valence-electron chi connectivity index (χ2n) is 2.23. The summed E-state index contributed by atoms with van der Waals surface area (Å²) in [5.41, 5.74) is 0. The zero-order chi connectivity index (χ0) is 10.8. The first-order valence-corrected chi connectivity index (χ1v) is 3.89. The van der Waals surface area contributed by atoms with Gasteiger partial charge < -0.3 is 9.47 Å². The van der Waals surface area contributed by atoms with Gasteiger partial charge in [-0.15, -0.1) is 12.8 Å². The van der Waals surface area contributed by atoms with E-state index >= 15 is 0 Å². The van der Waals surface area contributed by atoms with E-state index in [-0.39, 0.29) is 26.1 Å². The highest BCUT2D eigenvalue weighted by Gasteiger charge is 2.07. The first kappa shape index (κ1) is 12.1. The minimum absolute atomic E-state index is 0.0505. The zero-order valence-electron chi connectivity index (χ0n) is 7.62. The Morgan fingerprint density at radius 3 is 1.57 bits per heavy atom. The van der Waals surface area contributed by atoms with Crippen LogP contribution in [0.15, 0.2) is 0 Å². The molecule has 0 N–H and O–H groups in total. The van der Waals surface area contributed by atoms with E-state index < -0.39 is 11.9 Å². The molecule has 4 nitrogen and oxygen atoms in total. The molecule has 0 aromatic heterocycles. The van der Waals surface area contributed by atoms with Crippen LogP contribution in [0.25, 0.3) is 0 Å². The molecular formula is C10H10O4. The summed E-state index contributed by atoms with van der Waals surface area (Å²) in [6, 6.07) is 0. The highest BCUT2D eigenvalue weighted by atomic mass is 16.5. The molecule has 0 rings (SSSR count). The predicted octanol–water partition coefficient (Wildman–Crippen LogP) is 0.119. The molecule has 14 heavy (non-hydrogen) atoms. The summed E-state index contributed by atoms with van der Waals surface area (Å²) in [6.45, 7) is -0.170. The molecule has 0 bridgehead atoms. The summed E-state index contributed by atoms with van der Waals surface area (Å²) in [6.07, 6.45) is 9.61. The Morgan fingerprint density at radius 1 is 0.929 bits per heavy atom. The van der Waals surface area contributed by atoms with Crippen LogP contribution in [0.3, 0.4) is 0 Å². The third-order valence-electron chi connectivity index (χ3n) is 1.17. The minimum atomic E-state index is -0.527. The smallest absolute Gasteiger partial charge is 0.307 e. The first-order chi connectivity index (χ1) is 6.70. The number of carbonyl (C=O) groups is 2. The lowest BCUT2D eigenvalue weighted by Crippen LogP contribution is -2.10. The molecule has 0 amide bonds. The van der Waals surface area contributed by atoms with Crippen LogP contribution >= 0.6 is 0 Å². The Hall–Kier alpha value is -1.94. The maximum absolute atomic E-state index is 10.8. The fourth-order valence-corrected chi connectivity index (χ4v) is 0.593. The van der Waals surface area contributed by atoms with Crippen LogP contribution in [0.1, 0.15) is 12.8 Å². The van der Waals surface area contributed by atoms with Gasteiger partial charge in [0, 0.05) is 0 Å². The average Bonchev–Trinajstić information content (AvgIpc) is 2.20. The molecule has 0 aliphatic rings. The molecule has 0 aliphatic heterocycles. The third-order valence-corrected chi connectivity index (χ3v) is 1.17. The monoisotopic (exact) mass is 194 g/mol. The Bertz CT molecular complexity index is 249. The SMILES string of the molecule is C#CCOC(=O)CCC(=O)OCC#C. The van der Waals surface area contributed by atoms with Crippen molar-refractivity contribution >= 4 is 11.9 Å². The number of carbonyl (C=O) groups excluding carboxylic acids is 2. The van der Waals surface area contributed by atoms with Gasteiger partial charge in [-0.2, -0.15) is 0 Å². The molecule has 0 radical (unpaired) electrons. The third kappa shape index (κ3) is 6.75. The standard InChI is InChI=1S/C10H10O4/c1-3-7-13-9(11)5-6-10(12)14-8-4-2/h1-2H,5-8H2. The quantitative estimate of drug-likeness (QED) is 0.460. The van der Waals surface area contributed by atoms with Gasteiger partial charge >= 0.3 is 11.9 Å². The van der Waals surface area contributed by atoms with Crippen molar-refractivity contribution in [2.75, 3.05) is 13.2 Å². The van der Waals surface area contributed by atoms with E-state index in [2.05, 4.69) is 21.3 Å². The van der Waals surface area contributed by atoms with Gasteiger partial charge in [0.1, 0.15) is 0 Å². The lowest BCUT2D eigenvalue weighted by atomic mass is 10.3. The topological polar surface area (TPSA) is 52.6 Å². The number of ether oxygens (including phenoxy) is 2. The second-order valence-corrected chi connectivity index (χ2v) is 2.23. The molecule has 0 spiro atoms. The molecule has 0 atom stereocenters. The summed E-state index contributed by atoms with van der Waals surface area (Å²) >= 11 is 0. The fourth-order valence-electron chi connectivity index (χ4n) is 0.593. The van der Waals surface area contributed by atoms with E-state index in [1.165, 1.54) is 0 Å². The van der Waals surface area contributed by atoms with E-state index in [1.54, 1.807) is 0 Å². The zero-order valence-corrected chi connectivity index (χ0v) is 7.62. The van der Waals surface area contributed by atoms with Gasteiger partial charge in [0.05, 0.1) is 12.8 Å². The van der Waals surface area contributed by atoms with Gasteiger partial charge in [-0.1, -0.05) is 11.8 Å². The van der Waals surface area contributed by atoms with Crippen LogP contribution in [0, 0.1) is 24.7 Å². The second kappa shape index (κ2) is 7.70. The normalized spacial score (nSPS) is 8.14. The predicted molar refractivity (Wildman–Crippen MR) is 48.8 cm³/mol. The van der Waals surface area contributed by atoms with Gasteiger partial charge in [0.2, 0.25) is 0 Å². The van der Waals surface area contributed by atoms with E-state index in [4.69, 9.17) is 12.8 Å². The highest BCUT2D eigenvalue weighted by Crippen LogP contribution is 1.95. The van der Waals surface area contributed by atoms with Crippen LogP contribution in [0.4, 0.5) is 0 Å². The van der Waals surface area contributed by atoms with Crippen molar-refractivity contribution in [3.8, 4) is 24.7 Å². The van der Waals surface area contributed by atoms with Crippen molar-refractivity contribution in [3.05, 3.63) is 0 Å². The molecule has 0 aliphatic carbocycles. The van der Waals surface area contributed by atoms with E-state index in [0.29, 0.717) is 0 Å². The Labute approximate surface area is 82.6 Å². The molecule has 0 fully saturated rings. The van der Waals surface area contributed by atoms with Crippen LogP contribution in [-0.2, 0) is 19.1 Å². The van der Waals surface area contributed by atoms with Crippen molar-refractivity contribution in [1.82, 2.24) is 0 Å². The van der Waals surface area contributed by atoms with Crippen LogP contribution < -0.4 is 0 Å². The van der Waals surface area contributed by atoms with Crippen LogP contribution in [0.2, 0.25) is 0 Å². The molecule has 0 heterocycles. The molecule has 0 aromatic carbocycles. The van der Waals surface area contributed by atoms with E-state index in [9.17, 15) is 9.59 Å². The molecule has 74 valence electrons. The van der Waals surface area contributed by atoms with Crippen molar-refractivity contribution in [2.45, 2.75) is 12.8 Å². The molecule has 0 saturated heterocycles. The van der Waals surface area contributed by atoms with Gasteiger partial charge in [0.15, 0.2) is 13.2 Å². The van der Waals surface area contributed by atoms with Gasteiger partial charge in [0.25, 0.3) is 0 Å². The van der Waals surface area contributed by atoms with Crippen LogP contribution in [-0.4, -0.2) is 25.2 Å². The molecular weight excluding hydrogens is 184 g/mol. The average molecular weight is 194 g/mol. The number of hydrogen-bond donors (Lipinski definition) is 0. The first-order valence-electron chi connectivity index (χ1n) is 3.89. The maximum Gasteiger partial charge on any atom is 0.307 e. The molecule has 0 aromatic rings. The number of terminal acetylenes is 2. The van der Waals surface area contributed by atoms with Crippen LogP contribution in [0.5, 0.6) is 0 Å². The molecule has 0 saturated carbocycles. The number of rotatable bonds is 5. The summed E-state index contributed by atoms with van der Waals surface area (Å²) < 4.78 is 9.05. The fraction of sp³-hybridized carbons (Fsp3) is 0.400. The Balaban J connectivity index is 3.53. The largest absolute Gasteiger partial charge is 0.452 e. The van der Waals surface area contributed by atoms with Crippen molar-refractivity contribution < 1.29 is 19.1 Å². The minimum Gasteiger partial charge on any atom is -0.452 e. The number of hydrogen-bond acceptors (Lipinski definition) is 4. The van der Waals surface area contributed by atoms with Gasteiger partial charge in [-0.25, -0.2) is 0 Å².